The Morgan fingerprint density at radius 1 is 0.143 bits per heavy atom. The molecule has 147 heavy (non-hydrogen) atoms. The third kappa shape index (κ3) is 15.3. The van der Waals surface area contributed by atoms with Gasteiger partial charge in [0, 0.05) is 130 Å². The summed E-state index contributed by atoms with van der Waals surface area (Å²) in [5, 5.41) is 21.5. The van der Waals surface area contributed by atoms with Gasteiger partial charge >= 0.3 is 0 Å². The zero-order chi connectivity index (χ0) is 96.9. The summed E-state index contributed by atoms with van der Waals surface area (Å²) in [6.07, 6.45) is 0. The van der Waals surface area contributed by atoms with Gasteiger partial charge in [-0.25, -0.2) is 0 Å². The summed E-state index contributed by atoms with van der Waals surface area (Å²) in [6, 6.07) is 189. The molecule has 690 valence electrons. The molecule has 0 atom stereocenters. The van der Waals surface area contributed by atoms with Crippen molar-refractivity contribution in [2.75, 3.05) is 14.7 Å². The highest BCUT2D eigenvalue weighted by molar-refractivity contribution is 7.26. The van der Waals surface area contributed by atoms with Gasteiger partial charge in [0.05, 0.1) is 16.8 Å². The Morgan fingerprint density at radius 2 is 0.415 bits per heavy atom. The largest absolute Gasteiger partial charge is 0.456 e. The van der Waals surface area contributed by atoms with Crippen LogP contribution in [0.2, 0.25) is 0 Å². The van der Waals surface area contributed by atoms with Crippen LogP contribution in [-0.2, 0) is 0 Å². The van der Waals surface area contributed by atoms with Crippen LogP contribution in [0.4, 0.5) is 51.2 Å². The van der Waals surface area contributed by atoms with Crippen molar-refractivity contribution in [1.82, 2.24) is 0 Å². The molecule has 6 aromatic heterocycles. The van der Waals surface area contributed by atoms with Crippen molar-refractivity contribution in [3.8, 4) is 66.8 Å². The van der Waals surface area contributed by atoms with Crippen LogP contribution in [0.5, 0.6) is 0 Å². The summed E-state index contributed by atoms with van der Waals surface area (Å²) in [6.45, 7) is 0. The van der Waals surface area contributed by atoms with Crippen molar-refractivity contribution in [3.63, 3.8) is 0 Å². The number of benzene rings is 24. The minimum Gasteiger partial charge on any atom is -0.456 e. The first kappa shape index (κ1) is 86.0. The van der Waals surface area contributed by atoms with E-state index in [1.54, 1.807) is 0 Å². The number of hydrogen-bond acceptors (Lipinski definition) is 9. The Bertz CT molecular complexity index is 10300. The molecule has 7 nitrogen and oxygen atoms in total. The lowest BCUT2D eigenvalue weighted by Crippen LogP contribution is -2.10. The van der Waals surface area contributed by atoms with E-state index < -0.39 is 0 Å². The summed E-state index contributed by atoms with van der Waals surface area (Å²) in [4.78, 5) is 7.06. The molecule has 30 rings (SSSR count). The van der Waals surface area contributed by atoms with Gasteiger partial charge in [0.2, 0.25) is 0 Å². The van der Waals surface area contributed by atoms with Crippen molar-refractivity contribution in [3.05, 3.63) is 528 Å². The average Bonchev–Trinajstić information content (AvgIpc) is 1.64. The van der Waals surface area contributed by atoms with Crippen molar-refractivity contribution >= 4 is 234 Å². The number of fused-ring (bicyclic) bond motifs is 21. The molecule has 0 aliphatic rings. The van der Waals surface area contributed by atoms with Crippen molar-refractivity contribution < 1.29 is 17.7 Å². The van der Waals surface area contributed by atoms with Gasteiger partial charge in [-0.1, -0.05) is 376 Å². The Morgan fingerprint density at radius 3 is 0.850 bits per heavy atom. The maximum atomic E-state index is 6.64. The van der Waals surface area contributed by atoms with Gasteiger partial charge in [-0.05, 0) is 239 Å². The van der Waals surface area contributed by atoms with Crippen LogP contribution in [0.1, 0.15) is 0 Å². The predicted octanol–water partition coefficient (Wildman–Crippen LogP) is 41.3. The van der Waals surface area contributed by atoms with Gasteiger partial charge in [0.1, 0.15) is 39.1 Å². The fourth-order valence-electron chi connectivity index (χ4n) is 22.3. The molecular formula is C138H87N3O4S2. The standard InChI is InChI=1S/C46H29NO2.2C46H29NOS/c1-2-11-30(12-3-1)36-19-9-13-31-14-10-20-37(46(31)36)32-15-8-16-33(27-32)47(34-23-25-40-38-17-4-6-21-42(38)48-44(40)28-34)35-24-26-41-39-18-5-7-22-43(39)49-45(41)29-35;1-2-12-30(13-3-1)35-20-9-14-31-15-10-21-36(45(31)35)32-16-8-17-33(28-32)47(34-26-27-38-37-18-5-7-25-43(37)49-44(38)29-34)40-22-11-24-42-46(40)39-19-4-6-23-41(39)48-42;1-2-12-30(13-3-1)35-20-9-14-31-15-10-21-36(45(31)35)32-16-8-17-33(28-32)47(34-26-27-39-38-19-5-7-25-43(38)49-44(39)29-34)41-23-11-22-40-37-18-4-6-24-42(37)48-46(40)41/h3*1-29H. The highest BCUT2D eigenvalue weighted by Crippen LogP contribution is 2.53. The van der Waals surface area contributed by atoms with Gasteiger partial charge in [-0.15, -0.1) is 22.7 Å². The van der Waals surface area contributed by atoms with E-state index in [4.69, 9.17) is 17.7 Å². The third-order valence-electron chi connectivity index (χ3n) is 28.9. The van der Waals surface area contributed by atoms with Crippen LogP contribution in [0.15, 0.2) is 545 Å². The number of hydrogen-bond donors (Lipinski definition) is 0. The zero-order valence-electron chi connectivity index (χ0n) is 79.5. The Labute approximate surface area is 854 Å². The minimum atomic E-state index is 0.853. The van der Waals surface area contributed by atoms with Crippen LogP contribution in [-0.4, -0.2) is 0 Å². The number of nitrogens with zero attached hydrogens (tertiary/aromatic N) is 3. The predicted molar refractivity (Wildman–Crippen MR) is 623 cm³/mol. The average molecular weight is 1920 g/mol. The molecule has 0 aliphatic heterocycles. The minimum absolute atomic E-state index is 0.853. The van der Waals surface area contributed by atoms with Crippen LogP contribution in [0.25, 0.3) is 227 Å². The van der Waals surface area contributed by atoms with Gasteiger partial charge in [-0.3, -0.25) is 0 Å². The van der Waals surface area contributed by atoms with E-state index in [2.05, 4.69) is 506 Å². The molecule has 9 heteroatoms. The molecule has 0 bridgehead atoms. The highest BCUT2D eigenvalue weighted by Gasteiger charge is 2.27. The lowest BCUT2D eigenvalue weighted by Gasteiger charge is -2.27. The lowest BCUT2D eigenvalue weighted by atomic mass is 9.91. The summed E-state index contributed by atoms with van der Waals surface area (Å²) < 4.78 is 30.9. The van der Waals surface area contributed by atoms with Crippen LogP contribution in [0.3, 0.4) is 0 Å². The quantitative estimate of drug-likeness (QED) is 0.101. The van der Waals surface area contributed by atoms with Crippen molar-refractivity contribution in [1.29, 1.82) is 0 Å². The van der Waals surface area contributed by atoms with Gasteiger partial charge in [-0.2, -0.15) is 0 Å². The van der Waals surface area contributed by atoms with E-state index in [0.29, 0.717) is 0 Å². The molecule has 0 fully saturated rings. The number of furan rings is 4. The highest BCUT2D eigenvalue weighted by atomic mass is 32.1. The molecule has 24 aromatic carbocycles. The second-order valence-electron chi connectivity index (χ2n) is 37.5. The molecule has 0 radical (unpaired) electrons. The topological polar surface area (TPSA) is 62.3 Å². The third-order valence-corrected chi connectivity index (χ3v) is 31.2. The molecule has 30 aromatic rings. The van der Waals surface area contributed by atoms with E-state index in [1.165, 1.54) is 128 Å². The SMILES string of the molecule is c1ccc(-c2cccc3cccc(-c4cccc(N(c5ccc6c(c5)oc5ccccc56)c5ccc6c(c5)oc5ccccc56)c4)c23)cc1.c1ccc(-c2cccc3cccc(-c4cccc(N(c5ccc6c(c5)sc5ccccc56)c5cccc6c5oc5ccccc56)c4)c23)cc1.c1ccc(-c2cccc3cccc(-c4cccc(N(c5ccc6c(c5)sc5ccccc56)c5cccc6oc7ccccc7c56)c4)c23)cc1. The summed E-state index contributed by atoms with van der Waals surface area (Å²) >= 11 is 3.69. The summed E-state index contributed by atoms with van der Waals surface area (Å²) in [7, 11) is 0. The molecular weight excluding hydrogens is 1830 g/mol. The first-order valence-corrected chi connectivity index (χ1v) is 51.4. The molecule has 0 unspecified atom stereocenters. The number of para-hydroxylation sites is 5. The first-order valence-electron chi connectivity index (χ1n) is 49.8. The fourth-order valence-corrected chi connectivity index (χ4v) is 24.6. The van der Waals surface area contributed by atoms with E-state index in [0.717, 1.165) is 150 Å². The maximum Gasteiger partial charge on any atom is 0.159 e. The monoisotopic (exact) mass is 1910 g/mol. The van der Waals surface area contributed by atoms with E-state index in [-0.39, 0.29) is 0 Å². The number of rotatable bonds is 15. The normalized spacial score (nSPS) is 11.7. The summed E-state index contributed by atoms with van der Waals surface area (Å²) in [5.74, 6) is 0. The van der Waals surface area contributed by atoms with E-state index in [1.807, 2.05) is 59.1 Å². The molecule has 0 spiro atoms. The number of anilines is 9. The Hall–Kier alpha value is -18.9. The lowest BCUT2D eigenvalue weighted by molar-refractivity contribution is 0.668. The second-order valence-corrected chi connectivity index (χ2v) is 39.7. The van der Waals surface area contributed by atoms with Crippen molar-refractivity contribution in [2.24, 2.45) is 0 Å². The number of thiophene rings is 2. The van der Waals surface area contributed by atoms with E-state index >= 15 is 0 Å². The maximum absolute atomic E-state index is 6.64. The molecule has 0 saturated heterocycles. The smallest absolute Gasteiger partial charge is 0.159 e. The Kier molecular flexibility index (Phi) is 21.2. The van der Waals surface area contributed by atoms with Crippen LogP contribution >= 0.6 is 22.7 Å². The molecule has 0 saturated carbocycles. The van der Waals surface area contributed by atoms with Gasteiger partial charge < -0.3 is 32.4 Å². The van der Waals surface area contributed by atoms with Crippen molar-refractivity contribution in [2.45, 2.75) is 0 Å². The molecule has 0 N–H and O–H groups in total. The second kappa shape index (κ2) is 36.3. The fraction of sp³-hybridized carbons (Fsp3) is 0. The molecule has 6 heterocycles. The molecule has 0 aliphatic carbocycles. The first-order chi connectivity index (χ1) is 72.9. The zero-order valence-corrected chi connectivity index (χ0v) is 81.2. The van der Waals surface area contributed by atoms with Crippen LogP contribution < -0.4 is 14.7 Å². The van der Waals surface area contributed by atoms with E-state index in [9.17, 15) is 0 Å². The van der Waals surface area contributed by atoms with Crippen LogP contribution in [0, 0.1) is 0 Å². The molecule has 0 amide bonds. The summed E-state index contributed by atoms with van der Waals surface area (Å²) in [5.41, 5.74) is 30.9. The van der Waals surface area contributed by atoms with Gasteiger partial charge in [0.25, 0.3) is 0 Å². The van der Waals surface area contributed by atoms with Gasteiger partial charge in [0.15, 0.2) is 5.58 Å². The Balaban J connectivity index is 0.000000107.